The minimum Gasteiger partial charge on any atom is -0.349 e. The lowest BCUT2D eigenvalue weighted by Gasteiger charge is -2.17. The van der Waals surface area contributed by atoms with Crippen LogP contribution in [0.2, 0.25) is 10.0 Å². The first-order chi connectivity index (χ1) is 13.4. The number of halogens is 2. The first-order valence-corrected chi connectivity index (χ1v) is 10.1. The van der Waals surface area contributed by atoms with Crippen molar-refractivity contribution >= 4 is 51.5 Å². The molecule has 0 fully saturated rings. The molecule has 0 spiro atoms. The minimum atomic E-state index is -0.413. The Kier molecular flexibility index (Phi) is 6.67. The van der Waals surface area contributed by atoms with Gasteiger partial charge in [-0.2, -0.15) is 0 Å². The first-order valence-electron chi connectivity index (χ1n) is 8.45. The van der Waals surface area contributed by atoms with E-state index in [2.05, 4.69) is 15.6 Å². The van der Waals surface area contributed by atoms with Gasteiger partial charge in [-0.05, 0) is 23.8 Å². The van der Waals surface area contributed by atoms with Gasteiger partial charge in [0, 0.05) is 22.9 Å². The Morgan fingerprint density at radius 3 is 2.57 bits per heavy atom. The molecule has 0 aliphatic carbocycles. The maximum Gasteiger partial charge on any atom is 0.228 e. The van der Waals surface area contributed by atoms with Gasteiger partial charge in [0.15, 0.2) is 5.13 Å². The zero-order valence-corrected chi connectivity index (χ0v) is 17.2. The van der Waals surface area contributed by atoms with Gasteiger partial charge < -0.3 is 10.6 Å². The molecule has 2 N–H and O–H groups in total. The number of benzene rings is 2. The average Bonchev–Trinajstić information content (AvgIpc) is 3.09. The predicted molar refractivity (Wildman–Crippen MR) is 114 cm³/mol. The molecular weight excluding hydrogens is 417 g/mol. The third-order valence-electron chi connectivity index (χ3n) is 3.93. The van der Waals surface area contributed by atoms with Gasteiger partial charge in [-0.1, -0.05) is 53.5 Å². The number of nitrogens with zero attached hydrogens (tertiary/aromatic N) is 1. The highest BCUT2D eigenvalue weighted by Crippen LogP contribution is 2.32. The normalized spacial score (nSPS) is 11.7. The van der Waals surface area contributed by atoms with Gasteiger partial charge in [-0.15, -0.1) is 11.3 Å². The van der Waals surface area contributed by atoms with E-state index in [1.54, 1.807) is 18.2 Å². The summed E-state index contributed by atoms with van der Waals surface area (Å²) in [5.74, 6) is -0.443. The number of rotatable bonds is 6. The monoisotopic (exact) mass is 433 g/mol. The molecule has 28 heavy (non-hydrogen) atoms. The number of carbonyl (C=O) groups is 2. The summed E-state index contributed by atoms with van der Waals surface area (Å²) < 4.78 is 0. The van der Waals surface area contributed by atoms with Gasteiger partial charge in [-0.3, -0.25) is 9.59 Å². The largest absolute Gasteiger partial charge is 0.349 e. The van der Waals surface area contributed by atoms with Crippen molar-refractivity contribution in [3.63, 3.8) is 0 Å². The first kappa shape index (κ1) is 20.3. The van der Waals surface area contributed by atoms with E-state index in [-0.39, 0.29) is 18.2 Å². The highest BCUT2D eigenvalue weighted by atomic mass is 35.5. The van der Waals surface area contributed by atoms with Crippen LogP contribution < -0.4 is 10.6 Å². The summed E-state index contributed by atoms with van der Waals surface area (Å²) in [5, 5.41) is 8.90. The number of aromatic nitrogens is 1. The molecule has 0 aliphatic rings. The lowest BCUT2D eigenvalue weighted by Crippen LogP contribution is -2.29. The molecule has 1 unspecified atom stereocenters. The lowest BCUT2D eigenvalue weighted by atomic mass is 10.0. The second-order valence-electron chi connectivity index (χ2n) is 6.08. The molecule has 0 aliphatic heterocycles. The van der Waals surface area contributed by atoms with Crippen molar-refractivity contribution < 1.29 is 9.59 Å². The van der Waals surface area contributed by atoms with Crippen molar-refractivity contribution in [3.05, 3.63) is 69.5 Å². The lowest BCUT2D eigenvalue weighted by molar-refractivity contribution is -0.120. The van der Waals surface area contributed by atoms with E-state index in [4.69, 9.17) is 23.2 Å². The molecule has 144 valence electrons. The number of anilines is 1. The molecular formula is C20H17Cl2N3O2S. The van der Waals surface area contributed by atoms with E-state index in [1.165, 1.54) is 18.3 Å². The van der Waals surface area contributed by atoms with Gasteiger partial charge in [0.25, 0.3) is 0 Å². The Morgan fingerprint density at radius 1 is 1.14 bits per heavy atom. The van der Waals surface area contributed by atoms with E-state index in [0.29, 0.717) is 20.9 Å². The van der Waals surface area contributed by atoms with Crippen molar-refractivity contribution in [1.29, 1.82) is 0 Å². The summed E-state index contributed by atoms with van der Waals surface area (Å²) in [5.41, 5.74) is 2.26. The fourth-order valence-corrected chi connectivity index (χ4v) is 3.92. The Labute approximate surface area is 176 Å². The number of carbonyl (C=O) groups excluding carboxylic acids is 2. The zero-order chi connectivity index (χ0) is 20.1. The second-order valence-corrected chi connectivity index (χ2v) is 7.78. The van der Waals surface area contributed by atoms with Gasteiger partial charge in [0.1, 0.15) is 0 Å². The van der Waals surface area contributed by atoms with Crippen molar-refractivity contribution in [2.45, 2.75) is 19.4 Å². The molecule has 3 aromatic rings. The summed E-state index contributed by atoms with van der Waals surface area (Å²) in [6.45, 7) is 1.43. The van der Waals surface area contributed by atoms with Crippen molar-refractivity contribution in [1.82, 2.24) is 10.3 Å². The quantitative estimate of drug-likeness (QED) is 0.552. The van der Waals surface area contributed by atoms with Crippen LogP contribution in [0.3, 0.4) is 0 Å². The van der Waals surface area contributed by atoms with Gasteiger partial charge >= 0.3 is 0 Å². The van der Waals surface area contributed by atoms with Crippen LogP contribution in [-0.4, -0.2) is 16.8 Å². The molecule has 0 saturated carbocycles. The molecule has 2 amide bonds. The Bertz CT molecular complexity index is 992. The maximum atomic E-state index is 12.5. The summed E-state index contributed by atoms with van der Waals surface area (Å²) >= 11 is 13.4. The van der Waals surface area contributed by atoms with Crippen molar-refractivity contribution in [3.8, 4) is 11.3 Å². The van der Waals surface area contributed by atoms with Crippen LogP contribution in [0.4, 0.5) is 5.13 Å². The van der Waals surface area contributed by atoms with E-state index in [1.807, 2.05) is 35.7 Å². The number of hydrogen-bond acceptors (Lipinski definition) is 4. The van der Waals surface area contributed by atoms with Crippen LogP contribution in [0.5, 0.6) is 0 Å². The molecule has 3 rings (SSSR count). The third kappa shape index (κ3) is 5.32. The number of hydrogen-bond donors (Lipinski definition) is 2. The van der Waals surface area contributed by atoms with E-state index in [0.717, 1.165) is 11.1 Å². The highest BCUT2D eigenvalue weighted by Gasteiger charge is 2.18. The molecule has 1 atom stereocenters. The highest BCUT2D eigenvalue weighted by molar-refractivity contribution is 7.14. The van der Waals surface area contributed by atoms with Gasteiger partial charge in [0.2, 0.25) is 11.8 Å². The molecule has 1 aromatic heterocycles. The number of nitrogens with one attached hydrogen (secondary N) is 2. The fourth-order valence-electron chi connectivity index (χ4n) is 2.69. The zero-order valence-electron chi connectivity index (χ0n) is 14.9. The summed E-state index contributed by atoms with van der Waals surface area (Å²) in [6, 6.07) is 14.1. The van der Waals surface area contributed by atoms with Crippen LogP contribution >= 0.6 is 34.5 Å². The van der Waals surface area contributed by atoms with Crippen LogP contribution in [-0.2, 0) is 9.59 Å². The van der Waals surface area contributed by atoms with Crippen molar-refractivity contribution in [2.24, 2.45) is 0 Å². The molecule has 0 saturated heterocycles. The second kappa shape index (κ2) is 9.19. The summed E-state index contributed by atoms with van der Waals surface area (Å²) in [6.07, 6.45) is 0.0974. The smallest absolute Gasteiger partial charge is 0.228 e. The maximum absolute atomic E-state index is 12.5. The van der Waals surface area contributed by atoms with E-state index in [9.17, 15) is 9.59 Å². The van der Waals surface area contributed by atoms with Crippen molar-refractivity contribution in [2.75, 3.05) is 5.32 Å². The molecule has 0 bridgehead atoms. The van der Waals surface area contributed by atoms with Crippen LogP contribution in [0, 0.1) is 0 Å². The average molecular weight is 434 g/mol. The Hall–Kier alpha value is -2.41. The van der Waals surface area contributed by atoms with Crippen LogP contribution in [0.25, 0.3) is 11.3 Å². The van der Waals surface area contributed by atoms with E-state index >= 15 is 0 Å². The minimum absolute atomic E-state index is 0.0974. The molecule has 2 aromatic carbocycles. The molecule has 1 heterocycles. The number of thiazole rings is 1. The van der Waals surface area contributed by atoms with Crippen LogP contribution in [0.1, 0.15) is 24.9 Å². The molecule has 0 radical (unpaired) electrons. The topological polar surface area (TPSA) is 71.1 Å². The molecule has 8 heteroatoms. The fraction of sp³-hybridized carbons (Fsp3) is 0.150. The summed E-state index contributed by atoms with van der Waals surface area (Å²) in [4.78, 5) is 28.4. The molecule has 5 nitrogen and oxygen atoms in total. The number of amides is 2. The SMILES string of the molecule is CC(=O)NC(CC(=O)Nc1nc(-c2ccc(Cl)cc2Cl)cs1)c1ccccc1. The van der Waals surface area contributed by atoms with Gasteiger partial charge in [-0.25, -0.2) is 4.98 Å². The van der Waals surface area contributed by atoms with Crippen LogP contribution in [0.15, 0.2) is 53.9 Å². The Balaban J connectivity index is 1.70. The third-order valence-corrected chi connectivity index (χ3v) is 5.23. The van der Waals surface area contributed by atoms with Gasteiger partial charge in [0.05, 0.1) is 23.2 Å². The van der Waals surface area contributed by atoms with E-state index < -0.39 is 6.04 Å². The summed E-state index contributed by atoms with van der Waals surface area (Å²) in [7, 11) is 0. The Morgan fingerprint density at radius 2 is 1.89 bits per heavy atom. The predicted octanol–water partition coefficient (Wildman–Crippen LogP) is 5.32. The standard InChI is InChI=1S/C20H17Cl2N3O2S/c1-12(26)23-17(13-5-3-2-4-6-13)10-19(27)25-20-24-18(11-28-20)15-8-7-14(21)9-16(15)22/h2-9,11,17H,10H2,1H3,(H,23,26)(H,24,25,27).